The summed E-state index contributed by atoms with van der Waals surface area (Å²) in [6.45, 7) is 7.90. The van der Waals surface area contributed by atoms with Gasteiger partial charge in [-0.15, -0.1) is 10.2 Å². The number of amidine groups is 1. The van der Waals surface area contributed by atoms with E-state index in [1.807, 2.05) is 27.7 Å². The molecule has 0 aliphatic carbocycles. The molecule has 1 atom stereocenters. The Morgan fingerprint density at radius 1 is 1.50 bits per heavy atom. The van der Waals surface area contributed by atoms with Crippen molar-refractivity contribution in [3.05, 3.63) is 5.82 Å². The van der Waals surface area contributed by atoms with Gasteiger partial charge in [-0.25, -0.2) is 0 Å². The van der Waals surface area contributed by atoms with Crippen LogP contribution < -0.4 is 5.73 Å². The lowest BCUT2D eigenvalue weighted by atomic mass is 9.95. The molecule has 1 aromatic heterocycles. The summed E-state index contributed by atoms with van der Waals surface area (Å²) in [5.41, 5.74) is 5.69. The van der Waals surface area contributed by atoms with Gasteiger partial charge >= 0.3 is 0 Å². The fourth-order valence-corrected chi connectivity index (χ4v) is 0.807. The zero-order valence-electron chi connectivity index (χ0n) is 8.94. The van der Waals surface area contributed by atoms with Crippen molar-refractivity contribution in [1.29, 1.82) is 0 Å². The van der Waals surface area contributed by atoms with Crippen LogP contribution in [0.4, 0.5) is 0 Å². The van der Waals surface area contributed by atoms with Crippen molar-refractivity contribution < 1.29 is 0 Å². The highest BCUT2D eigenvalue weighted by molar-refractivity contribution is 5.85. The van der Waals surface area contributed by atoms with E-state index >= 15 is 0 Å². The van der Waals surface area contributed by atoms with Crippen LogP contribution in [-0.2, 0) is 0 Å². The van der Waals surface area contributed by atoms with Crippen molar-refractivity contribution in [3.63, 3.8) is 0 Å². The third-order valence-corrected chi connectivity index (χ3v) is 1.84. The van der Waals surface area contributed by atoms with Crippen LogP contribution >= 0.6 is 0 Å². The molecule has 6 nitrogen and oxygen atoms in total. The summed E-state index contributed by atoms with van der Waals surface area (Å²) < 4.78 is 0. The predicted molar refractivity (Wildman–Crippen MR) is 53.7 cm³/mol. The van der Waals surface area contributed by atoms with E-state index in [1.165, 1.54) is 0 Å². The molecule has 0 saturated heterocycles. The Morgan fingerprint density at radius 3 is 2.57 bits per heavy atom. The van der Waals surface area contributed by atoms with Crippen molar-refractivity contribution in [3.8, 4) is 0 Å². The normalized spacial score (nSPS) is 15.6. The number of hydrogen-bond donors (Lipinski definition) is 2. The molecule has 0 fully saturated rings. The third kappa shape index (κ3) is 2.51. The van der Waals surface area contributed by atoms with Gasteiger partial charge in [0.1, 0.15) is 6.04 Å². The minimum Gasteiger partial charge on any atom is -0.387 e. The summed E-state index contributed by atoms with van der Waals surface area (Å²) in [7, 11) is 0. The molecule has 0 spiro atoms. The molecule has 6 heteroatoms. The summed E-state index contributed by atoms with van der Waals surface area (Å²) in [4.78, 5) is 4.30. The van der Waals surface area contributed by atoms with Gasteiger partial charge < -0.3 is 5.73 Å². The standard InChI is InChI=1S/C8H16N6/c1-5(6-11-13-14-12-6)10-7(9)8(2,3)4/h5H,1-4H3,(H2,9,10)(H,11,12,13,14). The van der Waals surface area contributed by atoms with Crippen molar-refractivity contribution in [2.24, 2.45) is 16.1 Å². The van der Waals surface area contributed by atoms with E-state index in [4.69, 9.17) is 5.73 Å². The Kier molecular flexibility index (Phi) is 2.83. The summed E-state index contributed by atoms with van der Waals surface area (Å²) in [6.07, 6.45) is 0. The van der Waals surface area contributed by atoms with Gasteiger partial charge in [-0.1, -0.05) is 26.0 Å². The van der Waals surface area contributed by atoms with Gasteiger partial charge in [0.15, 0.2) is 5.82 Å². The quantitative estimate of drug-likeness (QED) is 0.537. The van der Waals surface area contributed by atoms with E-state index < -0.39 is 0 Å². The lowest BCUT2D eigenvalue weighted by Crippen LogP contribution is -2.29. The minimum atomic E-state index is -0.159. The zero-order valence-corrected chi connectivity index (χ0v) is 8.94. The van der Waals surface area contributed by atoms with Crippen LogP contribution in [0.15, 0.2) is 4.99 Å². The number of nitrogens with zero attached hydrogens (tertiary/aromatic N) is 4. The average Bonchev–Trinajstić information content (AvgIpc) is 2.53. The van der Waals surface area contributed by atoms with Crippen LogP contribution in [0.2, 0.25) is 0 Å². The van der Waals surface area contributed by atoms with Gasteiger partial charge in [0, 0.05) is 5.41 Å². The number of nitrogens with one attached hydrogen (secondary N) is 1. The maximum Gasteiger partial charge on any atom is 0.198 e. The summed E-state index contributed by atoms with van der Waals surface area (Å²) in [6, 6.07) is -0.159. The molecule has 1 rings (SSSR count). The summed E-state index contributed by atoms with van der Waals surface area (Å²) in [5.74, 6) is 1.15. The number of hydrogen-bond acceptors (Lipinski definition) is 4. The smallest absolute Gasteiger partial charge is 0.198 e. The molecule has 0 saturated carbocycles. The molecule has 1 heterocycles. The number of aromatic amines is 1. The lowest BCUT2D eigenvalue weighted by molar-refractivity contribution is 0.573. The van der Waals surface area contributed by atoms with Gasteiger partial charge in [-0.3, -0.25) is 4.99 Å². The second kappa shape index (κ2) is 3.73. The minimum absolute atomic E-state index is 0.127. The number of tetrazole rings is 1. The van der Waals surface area contributed by atoms with Crippen LogP contribution in [0.5, 0.6) is 0 Å². The van der Waals surface area contributed by atoms with Crippen LogP contribution in [0.3, 0.4) is 0 Å². The molecule has 0 aliphatic rings. The first-order chi connectivity index (χ1) is 6.41. The van der Waals surface area contributed by atoms with E-state index in [9.17, 15) is 0 Å². The Labute approximate surface area is 83.0 Å². The monoisotopic (exact) mass is 196 g/mol. The van der Waals surface area contributed by atoms with Gasteiger partial charge in [0.2, 0.25) is 0 Å². The predicted octanol–water partition coefficient (Wildman–Crippen LogP) is 0.664. The van der Waals surface area contributed by atoms with E-state index in [1.54, 1.807) is 0 Å². The summed E-state index contributed by atoms with van der Waals surface area (Å²) in [5, 5.41) is 13.5. The number of aliphatic imine (C=N–C) groups is 1. The molecule has 0 aromatic carbocycles. The van der Waals surface area contributed by atoms with Gasteiger partial charge in [-0.2, -0.15) is 5.21 Å². The van der Waals surface area contributed by atoms with Crippen LogP contribution in [0.25, 0.3) is 0 Å². The van der Waals surface area contributed by atoms with Crippen molar-refractivity contribution in [2.75, 3.05) is 0 Å². The first-order valence-corrected chi connectivity index (χ1v) is 4.48. The maximum atomic E-state index is 5.82. The molecule has 3 N–H and O–H groups in total. The molecule has 0 amide bonds. The van der Waals surface area contributed by atoms with Crippen molar-refractivity contribution in [2.45, 2.75) is 33.7 Å². The molecule has 0 radical (unpaired) electrons. The summed E-state index contributed by atoms with van der Waals surface area (Å²) >= 11 is 0. The SMILES string of the molecule is CC(N=C(N)C(C)(C)C)c1nn[nH]n1. The highest BCUT2D eigenvalue weighted by atomic mass is 15.5. The number of aromatic nitrogens is 4. The van der Waals surface area contributed by atoms with Gasteiger partial charge in [0.25, 0.3) is 0 Å². The Bertz CT molecular complexity index is 307. The number of nitrogens with two attached hydrogens (primary N) is 1. The molecular formula is C8H16N6. The molecule has 0 bridgehead atoms. The highest BCUT2D eigenvalue weighted by Gasteiger charge is 2.18. The fourth-order valence-electron chi connectivity index (χ4n) is 0.807. The highest BCUT2D eigenvalue weighted by Crippen LogP contribution is 2.17. The Morgan fingerprint density at radius 2 is 2.14 bits per heavy atom. The fraction of sp³-hybridized carbons (Fsp3) is 0.750. The number of H-pyrrole nitrogens is 1. The van der Waals surface area contributed by atoms with E-state index in [0.29, 0.717) is 11.7 Å². The second-order valence-electron chi connectivity index (χ2n) is 4.21. The van der Waals surface area contributed by atoms with Crippen molar-refractivity contribution >= 4 is 5.84 Å². The van der Waals surface area contributed by atoms with Crippen LogP contribution in [-0.4, -0.2) is 26.5 Å². The topological polar surface area (TPSA) is 92.8 Å². The molecule has 14 heavy (non-hydrogen) atoms. The molecule has 1 unspecified atom stereocenters. The molecule has 78 valence electrons. The maximum absolute atomic E-state index is 5.82. The Hall–Kier alpha value is -1.46. The first kappa shape index (κ1) is 10.6. The second-order valence-corrected chi connectivity index (χ2v) is 4.21. The van der Waals surface area contributed by atoms with Crippen LogP contribution in [0, 0.1) is 5.41 Å². The zero-order chi connectivity index (χ0) is 10.8. The molecular weight excluding hydrogens is 180 g/mol. The van der Waals surface area contributed by atoms with Gasteiger partial charge in [-0.05, 0) is 6.92 Å². The average molecular weight is 196 g/mol. The molecule has 1 aromatic rings. The number of rotatable bonds is 2. The third-order valence-electron chi connectivity index (χ3n) is 1.84. The first-order valence-electron chi connectivity index (χ1n) is 4.48. The Balaban J connectivity index is 2.78. The van der Waals surface area contributed by atoms with E-state index in [0.717, 1.165) is 0 Å². The lowest BCUT2D eigenvalue weighted by Gasteiger charge is -2.18. The van der Waals surface area contributed by atoms with Gasteiger partial charge in [0.05, 0.1) is 5.84 Å². The van der Waals surface area contributed by atoms with E-state index in [-0.39, 0.29) is 11.5 Å². The largest absolute Gasteiger partial charge is 0.387 e. The van der Waals surface area contributed by atoms with Crippen molar-refractivity contribution in [1.82, 2.24) is 20.6 Å². The van der Waals surface area contributed by atoms with Crippen LogP contribution in [0.1, 0.15) is 39.6 Å². The van der Waals surface area contributed by atoms with E-state index in [2.05, 4.69) is 25.6 Å². The molecule has 0 aliphatic heterocycles.